The zero-order chi connectivity index (χ0) is 12.6. The first kappa shape index (κ1) is 13.3. The molecule has 0 saturated carbocycles. The van der Waals surface area contributed by atoms with Gasteiger partial charge in [0.2, 0.25) is 0 Å². The van der Waals surface area contributed by atoms with Gasteiger partial charge in [-0.3, -0.25) is 4.79 Å². The van der Waals surface area contributed by atoms with E-state index in [9.17, 15) is 17.6 Å². The number of rotatable bonds is 3. The zero-order valence-electron chi connectivity index (χ0n) is 8.70. The van der Waals surface area contributed by atoms with Crippen LogP contribution < -0.4 is 0 Å². The molecule has 0 bridgehead atoms. The number of sulfone groups is 1. The van der Waals surface area contributed by atoms with Gasteiger partial charge in [0.25, 0.3) is 0 Å². The zero-order valence-corrected chi connectivity index (χ0v) is 11.1. The molecule has 1 aromatic rings. The molecule has 0 spiro atoms. The van der Waals surface area contributed by atoms with Gasteiger partial charge >= 0.3 is 0 Å². The van der Waals surface area contributed by atoms with E-state index in [0.29, 0.717) is 0 Å². The smallest absolute Gasteiger partial charge is 0.194 e. The third kappa shape index (κ3) is 2.49. The van der Waals surface area contributed by atoms with Crippen molar-refractivity contribution in [2.24, 2.45) is 0 Å². The topological polar surface area (TPSA) is 51.2 Å². The van der Waals surface area contributed by atoms with Gasteiger partial charge in [0.15, 0.2) is 19.3 Å². The molecule has 0 heterocycles. The van der Waals surface area contributed by atoms with E-state index in [1.807, 2.05) is 0 Å². The molecular weight excluding hydrogens is 299 g/mol. The summed E-state index contributed by atoms with van der Waals surface area (Å²) in [7, 11) is -3.59. The number of halogens is 2. The Labute approximate surface area is 102 Å². The van der Waals surface area contributed by atoms with Gasteiger partial charge in [-0.25, -0.2) is 12.8 Å². The molecule has 0 amide bonds. The van der Waals surface area contributed by atoms with Gasteiger partial charge in [-0.1, -0.05) is 15.9 Å². The van der Waals surface area contributed by atoms with Crippen LogP contribution in [-0.4, -0.2) is 24.1 Å². The van der Waals surface area contributed by atoms with Crippen molar-refractivity contribution in [3.8, 4) is 0 Å². The predicted molar refractivity (Wildman–Crippen MR) is 62.9 cm³/mol. The minimum Gasteiger partial charge on any atom is -0.291 e. The van der Waals surface area contributed by atoms with Crippen molar-refractivity contribution in [1.29, 1.82) is 0 Å². The van der Waals surface area contributed by atoms with Crippen LogP contribution in [0.25, 0.3) is 0 Å². The number of benzene rings is 1. The molecule has 1 rings (SSSR count). The fourth-order valence-electron chi connectivity index (χ4n) is 1.03. The normalized spacial score (nSPS) is 15.5. The van der Waals surface area contributed by atoms with Crippen molar-refractivity contribution in [2.75, 3.05) is 6.26 Å². The van der Waals surface area contributed by atoms with E-state index >= 15 is 0 Å². The second kappa shape index (κ2) is 4.25. The number of carbonyl (C=O) groups excluding carboxylic acids is 1. The lowest BCUT2D eigenvalue weighted by molar-refractivity contribution is 0.0983. The highest BCUT2D eigenvalue weighted by molar-refractivity contribution is 9.12. The molecular formula is C10H10BrFO3S. The third-order valence-electron chi connectivity index (χ3n) is 2.21. The van der Waals surface area contributed by atoms with Crippen LogP contribution in [0.4, 0.5) is 4.39 Å². The first-order valence-corrected chi connectivity index (χ1v) is 7.03. The van der Waals surface area contributed by atoms with Crippen molar-refractivity contribution in [3.05, 3.63) is 35.6 Å². The summed E-state index contributed by atoms with van der Waals surface area (Å²) in [6, 6.07) is 4.72. The fourth-order valence-corrected chi connectivity index (χ4v) is 1.71. The van der Waals surface area contributed by atoms with E-state index in [0.717, 1.165) is 18.4 Å². The van der Waals surface area contributed by atoms with E-state index in [4.69, 9.17) is 0 Å². The molecule has 0 aliphatic carbocycles. The Morgan fingerprint density at radius 3 is 2.12 bits per heavy atom. The molecule has 0 saturated heterocycles. The summed E-state index contributed by atoms with van der Waals surface area (Å²) in [5.41, 5.74) is 0.145. The Bertz CT molecular complexity index is 505. The minimum absolute atomic E-state index is 0.145. The molecule has 0 aliphatic heterocycles. The highest BCUT2D eigenvalue weighted by atomic mass is 79.9. The maximum atomic E-state index is 12.6. The lowest BCUT2D eigenvalue weighted by atomic mass is 10.1. The summed E-state index contributed by atoms with van der Waals surface area (Å²) in [5, 5.41) is 0. The van der Waals surface area contributed by atoms with Crippen LogP contribution in [0.1, 0.15) is 17.3 Å². The highest BCUT2D eigenvalue weighted by Gasteiger charge is 2.41. The largest absolute Gasteiger partial charge is 0.291 e. The number of carbonyl (C=O) groups is 1. The van der Waals surface area contributed by atoms with Crippen LogP contribution in [0.5, 0.6) is 0 Å². The summed E-state index contributed by atoms with van der Waals surface area (Å²) < 4.78 is 33.7. The van der Waals surface area contributed by atoms with E-state index in [2.05, 4.69) is 15.9 Å². The highest BCUT2D eigenvalue weighted by Crippen LogP contribution is 2.28. The van der Waals surface area contributed by atoms with Crippen LogP contribution >= 0.6 is 15.9 Å². The monoisotopic (exact) mass is 308 g/mol. The molecule has 1 aromatic carbocycles. The Kier molecular flexibility index (Phi) is 3.54. The Morgan fingerprint density at radius 1 is 1.31 bits per heavy atom. The number of ketones is 1. The van der Waals surface area contributed by atoms with Crippen molar-refractivity contribution in [1.82, 2.24) is 0 Å². The maximum Gasteiger partial charge on any atom is 0.194 e. The molecule has 1 unspecified atom stereocenters. The molecule has 16 heavy (non-hydrogen) atoms. The van der Waals surface area contributed by atoms with Crippen LogP contribution in [-0.2, 0) is 9.84 Å². The fraction of sp³-hybridized carbons (Fsp3) is 0.300. The van der Waals surface area contributed by atoms with Crippen LogP contribution in [0.15, 0.2) is 24.3 Å². The van der Waals surface area contributed by atoms with Gasteiger partial charge in [0.1, 0.15) is 5.82 Å². The maximum absolute atomic E-state index is 12.6. The number of Topliss-reactive ketones (excluding diaryl/α,β-unsaturated/α-hetero) is 1. The van der Waals surface area contributed by atoms with Crippen molar-refractivity contribution < 1.29 is 17.6 Å². The van der Waals surface area contributed by atoms with Gasteiger partial charge in [-0.2, -0.15) is 0 Å². The summed E-state index contributed by atoms with van der Waals surface area (Å²) in [6.07, 6.45) is 0.961. The second-order valence-electron chi connectivity index (χ2n) is 3.52. The van der Waals surface area contributed by atoms with Crippen LogP contribution in [0, 0.1) is 5.82 Å². The standard InChI is InChI=1S/C10H10BrFO3S/c1-10(11,16(2,14)15)9(13)7-3-5-8(12)6-4-7/h3-6H,1-2H3. The molecule has 6 heteroatoms. The lowest BCUT2D eigenvalue weighted by Gasteiger charge is -2.18. The van der Waals surface area contributed by atoms with Crippen LogP contribution in [0.2, 0.25) is 0 Å². The van der Waals surface area contributed by atoms with Gasteiger partial charge < -0.3 is 0 Å². The summed E-state index contributed by atoms with van der Waals surface area (Å²) >= 11 is 2.89. The molecule has 3 nitrogen and oxygen atoms in total. The molecule has 0 radical (unpaired) electrons. The summed E-state index contributed by atoms with van der Waals surface area (Å²) in [5.74, 6) is -1.10. The second-order valence-corrected chi connectivity index (χ2v) is 8.00. The van der Waals surface area contributed by atoms with E-state index < -0.39 is 25.1 Å². The van der Waals surface area contributed by atoms with Crippen LogP contribution in [0.3, 0.4) is 0 Å². The molecule has 0 N–H and O–H groups in total. The average Bonchev–Trinajstić information content (AvgIpc) is 2.16. The average molecular weight is 309 g/mol. The first-order chi connectivity index (χ1) is 7.16. The molecule has 88 valence electrons. The SMILES string of the molecule is CC(Br)(C(=O)c1ccc(F)cc1)S(C)(=O)=O. The van der Waals surface area contributed by atoms with E-state index in [1.54, 1.807) is 0 Å². The Morgan fingerprint density at radius 2 is 1.75 bits per heavy atom. The van der Waals surface area contributed by atoms with Gasteiger partial charge in [-0.15, -0.1) is 0 Å². The van der Waals surface area contributed by atoms with Gasteiger partial charge in [0, 0.05) is 11.8 Å². The molecule has 0 aliphatic rings. The molecule has 1 atom stereocenters. The first-order valence-electron chi connectivity index (χ1n) is 4.35. The summed E-state index contributed by atoms with van der Waals surface area (Å²) in [4.78, 5) is 11.9. The Hall–Kier alpha value is -0.750. The third-order valence-corrected chi connectivity index (χ3v) is 5.91. The van der Waals surface area contributed by atoms with Crippen molar-refractivity contribution in [3.63, 3.8) is 0 Å². The van der Waals surface area contributed by atoms with Crippen molar-refractivity contribution in [2.45, 2.75) is 10.6 Å². The quantitative estimate of drug-likeness (QED) is 0.635. The lowest BCUT2D eigenvalue weighted by Crippen LogP contribution is -2.36. The molecule has 0 aromatic heterocycles. The number of alkyl halides is 1. The summed E-state index contributed by atoms with van der Waals surface area (Å²) in [6.45, 7) is 1.26. The van der Waals surface area contributed by atoms with Gasteiger partial charge in [0.05, 0.1) is 0 Å². The van der Waals surface area contributed by atoms with Gasteiger partial charge in [-0.05, 0) is 31.2 Å². The Balaban J connectivity index is 3.18. The van der Waals surface area contributed by atoms with E-state index in [1.165, 1.54) is 19.1 Å². The van der Waals surface area contributed by atoms with Crippen molar-refractivity contribution >= 4 is 31.6 Å². The van der Waals surface area contributed by atoms with E-state index in [-0.39, 0.29) is 5.56 Å². The predicted octanol–water partition coefficient (Wildman–Crippen LogP) is 2.16. The minimum atomic E-state index is -3.59. The molecule has 0 fully saturated rings. The number of hydrogen-bond acceptors (Lipinski definition) is 3. The number of hydrogen-bond donors (Lipinski definition) is 0.